The van der Waals surface area contributed by atoms with Crippen molar-refractivity contribution in [1.29, 1.82) is 5.26 Å². The van der Waals surface area contributed by atoms with Gasteiger partial charge in [-0.2, -0.15) is 5.26 Å². The summed E-state index contributed by atoms with van der Waals surface area (Å²) in [6, 6.07) is 37.3. The number of hydrogen-bond donors (Lipinski definition) is 1. The van der Waals surface area contributed by atoms with Gasteiger partial charge in [0.05, 0.1) is 0 Å². The predicted molar refractivity (Wildman–Crippen MR) is 141 cm³/mol. The summed E-state index contributed by atoms with van der Waals surface area (Å²) in [4.78, 5) is 12.7. The molecular weight excluding hydrogens is 432 g/mol. The molecule has 0 saturated carbocycles. The van der Waals surface area contributed by atoms with E-state index in [-0.39, 0.29) is 5.57 Å². The summed E-state index contributed by atoms with van der Waals surface area (Å²) < 4.78 is 5.98. The third-order valence-corrected chi connectivity index (χ3v) is 5.84. The Hall–Kier alpha value is -4.88. The summed E-state index contributed by atoms with van der Waals surface area (Å²) in [6.07, 6.45) is 1.57. The van der Waals surface area contributed by atoms with Gasteiger partial charge < -0.3 is 10.1 Å². The van der Waals surface area contributed by atoms with E-state index in [1.807, 2.05) is 91.0 Å². The van der Waals surface area contributed by atoms with E-state index in [1.165, 1.54) is 10.8 Å². The number of hydrogen-bond acceptors (Lipinski definition) is 3. The molecule has 5 aromatic carbocycles. The molecule has 0 atom stereocenters. The van der Waals surface area contributed by atoms with Crippen molar-refractivity contribution in [2.75, 3.05) is 5.32 Å². The third kappa shape index (κ3) is 5.05. The Kier molecular flexibility index (Phi) is 6.23. The zero-order chi connectivity index (χ0) is 24.0. The van der Waals surface area contributed by atoms with Crippen LogP contribution >= 0.6 is 0 Å². The van der Waals surface area contributed by atoms with Gasteiger partial charge in [0, 0.05) is 5.69 Å². The van der Waals surface area contributed by atoms with Crippen LogP contribution in [0.5, 0.6) is 5.75 Å². The lowest BCUT2D eigenvalue weighted by molar-refractivity contribution is -0.112. The molecule has 5 rings (SSSR count). The molecule has 0 aliphatic heterocycles. The number of fused-ring (bicyclic) bond motifs is 2. The number of anilines is 1. The van der Waals surface area contributed by atoms with Gasteiger partial charge in [0.1, 0.15) is 24.0 Å². The zero-order valence-electron chi connectivity index (χ0n) is 18.9. The van der Waals surface area contributed by atoms with Crippen molar-refractivity contribution in [2.45, 2.75) is 6.61 Å². The largest absolute Gasteiger partial charge is 0.489 e. The van der Waals surface area contributed by atoms with E-state index in [0.717, 1.165) is 21.9 Å². The molecule has 35 heavy (non-hydrogen) atoms. The lowest BCUT2D eigenvalue weighted by atomic mass is 10.1. The van der Waals surface area contributed by atoms with Crippen LogP contribution in [0, 0.1) is 11.3 Å². The molecule has 4 nitrogen and oxygen atoms in total. The van der Waals surface area contributed by atoms with Crippen LogP contribution in [-0.4, -0.2) is 5.91 Å². The molecule has 0 unspecified atom stereocenters. The average molecular weight is 455 g/mol. The molecule has 0 saturated heterocycles. The van der Waals surface area contributed by atoms with Crippen molar-refractivity contribution in [3.63, 3.8) is 0 Å². The minimum absolute atomic E-state index is 0.0302. The minimum Gasteiger partial charge on any atom is -0.489 e. The molecule has 0 bridgehead atoms. The number of ether oxygens (including phenoxy) is 1. The highest BCUT2D eigenvalue weighted by Crippen LogP contribution is 2.22. The first-order valence-corrected chi connectivity index (χ1v) is 11.3. The quantitative estimate of drug-likeness (QED) is 0.219. The highest BCUT2D eigenvalue weighted by Gasteiger charge is 2.10. The Morgan fingerprint density at radius 1 is 0.800 bits per heavy atom. The van der Waals surface area contributed by atoms with Crippen LogP contribution in [0.2, 0.25) is 0 Å². The Morgan fingerprint density at radius 3 is 2.31 bits per heavy atom. The second kappa shape index (κ2) is 9.94. The first-order chi connectivity index (χ1) is 17.2. The summed E-state index contributed by atoms with van der Waals surface area (Å²) in [5, 5.41) is 16.8. The van der Waals surface area contributed by atoms with E-state index in [4.69, 9.17) is 4.74 Å². The monoisotopic (exact) mass is 454 g/mol. The van der Waals surface area contributed by atoms with Gasteiger partial charge in [-0.05, 0) is 63.0 Å². The SMILES string of the molecule is N#C/C(=C\c1ccc(OCc2cccc3ccccc23)cc1)C(=O)Nc1ccc2ccccc2c1. The lowest BCUT2D eigenvalue weighted by Gasteiger charge is -2.09. The van der Waals surface area contributed by atoms with Gasteiger partial charge in [0.15, 0.2) is 0 Å². The van der Waals surface area contributed by atoms with Crippen molar-refractivity contribution < 1.29 is 9.53 Å². The first kappa shape index (κ1) is 21.9. The number of amides is 1. The Balaban J connectivity index is 1.26. The molecule has 0 aliphatic carbocycles. The minimum atomic E-state index is -0.445. The average Bonchev–Trinajstić information content (AvgIpc) is 2.91. The van der Waals surface area contributed by atoms with Crippen molar-refractivity contribution >= 4 is 39.2 Å². The van der Waals surface area contributed by atoms with E-state index < -0.39 is 5.91 Å². The van der Waals surface area contributed by atoms with Gasteiger partial charge in [0.2, 0.25) is 0 Å². The fraction of sp³-hybridized carbons (Fsp3) is 0.0323. The van der Waals surface area contributed by atoms with E-state index in [1.54, 1.807) is 6.08 Å². The Labute approximate surface area is 203 Å². The molecule has 5 aromatic rings. The van der Waals surface area contributed by atoms with Gasteiger partial charge in [-0.15, -0.1) is 0 Å². The molecule has 4 heteroatoms. The number of nitrogens with zero attached hydrogens (tertiary/aromatic N) is 1. The van der Waals surface area contributed by atoms with Gasteiger partial charge in [0.25, 0.3) is 5.91 Å². The normalized spacial score (nSPS) is 11.2. The number of carbonyl (C=O) groups is 1. The summed E-state index contributed by atoms with van der Waals surface area (Å²) in [7, 11) is 0. The molecule has 0 aromatic heterocycles. The number of carbonyl (C=O) groups excluding carboxylic acids is 1. The number of nitriles is 1. The maximum Gasteiger partial charge on any atom is 0.266 e. The topological polar surface area (TPSA) is 62.1 Å². The number of nitrogens with one attached hydrogen (secondary N) is 1. The fourth-order valence-electron chi connectivity index (χ4n) is 4.02. The van der Waals surface area contributed by atoms with Crippen LogP contribution in [0.15, 0.2) is 115 Å². The van der Waals surface area contributed by atoms with Crippen LogP contribution in [0.25, 0.3) is 27.6 Å². The molecule has 0 spiro atoms. The lowest BCUT2D eigenvalue weighted by Crippen LogP contribution is -2.13. The smallest absolute Gasteiger partial charge is 0.266 e. The van der Waals surface area contributed by atoms with Gasteiger partial charge in [-0.25, -0.2) is 0 Å². The van der Waals surface area contributed by atoms with Gasteiger partial charge in [-0.1, -0.05) is 84.9 Å². The number of rotatable bonds is 6. The molecule has 0 heterocycles. The summed E-state index contributed by atoms with van der Waals surface area (Å²) >= 11 is 0. The summed E-state index contributed by atoms with van der Waals surface area (Å²) in [6.45, 7) is 0.453. The third-order valence-electron chi connectivity index (χ3n) is 5.84. The van der Waals surface area contributed by atoms with E-state index in [9.17, 15) is 10.1 Å². The van der Waals surface area contributed by atoms with Crippen LogP contribution in [0.4, 0.5) is 5.69 Å². The van der Waals surface area contributed by atoms with E-state index >= 15 is 0 Å². The molecule has 0 aliphatic rings. The van der Waals surface area contributed by atoms with Crippen LogP contribution in [0.1, 0.15) is 11.1 Å². The maximum absolute atomic E-state index is 12.7. The highest BCUT2D eigenvalue weighted by atomic mass is 16.5. The second-order valence-electron chi connectivity index (χ2n) is 8.18. The number of benzene rings is 5. The van der Waals surface area contributed by atoms with E-state index in [2.05, 4.69) is 29.6 Å². The molecule has 168 valence electrons. The van der Waals surface area contributed by atoms with Crippen LogP contribution in [0.3, 0.4) is 0 Å². The zero-order valence-corrected chi connectivity index (χ0v) is 18.9. The fourth-order valence-corrected chi connectivity index (χ4v) is 4.02. The molecular formula is C31H22N2O2. The standard InChI is InChI=1S/C31H22N2O2/c32-20-27(31(34)33-28-15-14-23-6-1-2-8-25(23)19-28)18-22-12-16-29(17-13-22)35-21-26-10-5-9-24-7-3-4-11-30(24)26/h1-19H,21H2,(H,33,34)/b27-18+. The van der Waals surface area contributed by atoms with Crippen LogP contribution < -0.4 is 10.1 Å². The highest BCUT2D eigenvalue weighted by molar-refractivity contribution is 6.10. The van der Waals surface area contributed by atoms with Gasteiger partial charge >= 0.3 is 0 Å². The van der Waals surface area contributed by atoms with Gasteiger partial charge in [-0.3, -0.25) is 4.79 Å². The predicted octanol–water partition coefficient (Wildman–Crippen LogP) is 7.12. The molecule has 0 radical (unpaired) electrons. The van der Waals surface area contributed by atoms with Crippen molar-refractivity contribution in [3.8, 4) is 11.8 Å². The molecule has 1 amide bonds. The van der Waals surface area contributed by atoms with Crippen LogP contribution in [-0.2, 0) is 11.4 Å². The Bertz CT molecular complexity index is 1590. The van der Waals surface area contributed by atoms with Crippen molar-refractivity contribution in [1.82, 2.24) is 0 Å². The summed E-state index contributed by atoms with van der Waals surface area (Å²) in [5.74, 6) is 0.272. The van der Waals surface area contributed by atoms with E-state index in [0.29, 0.717) is 18.0 Å². The van der Waals surface area contributed by atoms with Crippen molar-refractivity contribution in [2.24, 2.45) is 0 Å². The summed E-state index contributed by atoms with van der Waals surface area (Å²) in [5.41, 5.74) is 2.53. The van der Waals surface area contributed by atoms with Crippen molar-refractivity contribution in [3.05, 3.63) is 126 Å². The molecule has 1 N–H and O–H groups in total. The first-order valence-electron chi connectivity index (χ1n) is 11.3. The molecule has 0 fully saturated rings. The Morgan fingerprint density at radius 2 is 1.51 bits per heavy atom. The maximum atomic E-state index is 12.7. The second-order valence-corrected chi connectivity index (χ2v) is 8.18.